The van der Waals surface area contributed by atoms with Crippen LogP contribution in [-0.4, -0.2) is 40.1 Å². The maximum Gasteiger partial charge on any atom is 0.226 e. The minimum atomic E-state index is -0.0511. The molecule has 4 aliphatic rings. The van der Waals surface area contributed by atoms with Crippen molar-refractivity contribution in [1.29, 1.82) is 0 Å². The second-order valence-electron chi connectivity index (χ2n) is 7.59. The largest absolute Gasteiger partial charge is 0.469 e. The summed E-state index contributed by atoms with van der Waals surface area (Å²) < 4.78 is 12.0. The molecule has 3 aromatic rings. The lowest BCUT2D eigenvalue weighted by Gasteiger charge is -2.50. The van der Waals surface area contributed by atoms with E-state index < -0.39 is 0 Å². The smallest absolute Gasteiger partial charge is 0.226 e. The maximum atomic E-state index is 6.44. The molecule has 5 heteroatoms. The van der Waals surface area contributed by atoms with Crippen LogP contribution in [0.2, 0.25) is 0 Å². The highest BCUT2D eigenvalue weighted by molar-refractivity contribution is 5.91. The molecule has 3 saturated heterocycles. The van der Waals surface area contributed by atoms with Crippen LogP contribution in [0.5, 0.6) is 5.88 Å². The molecule has 0 aliphatic carbocycles. The number of ether oxygens (including phenoxy) is 1. The molecule has 1 spiro atoms. The van der Waals surface area contributed by atoms with E-state index in [0.29, 0.717) is 11.6 Å². The topological polar surface area (TPSA) is 51.4 Å². The van der Waals surface area contributed by atoms with Crippen molar-refractivity contribution in [1.82, 2.24) is 14.9 Å². The van der Waals surface area contributed by atoms with E-state index in [9.17, 15) is 0 Å². The van der Waals surface area contributed by atoms with Gasteiger partial charge in [0.15, 0.2) is 0 Å². The fourth-order valence-corrected chi connectivity index (χ4v) is 4.95. The number of piperidine rings is 3. The van der Waals surface area contributed by atoms with E-state index in [2.05, 4.69) is 20.9 Å². The number of pyridine rings is 2. The summed E-state index contributed by atoms with van der Waals surface area (Å²) in [6, 6.07) is 6.21. The van der Waals surface area contributed by atoms with Gasteiger partial charge in [0.05, 0.1) is 0 Å². The molecule has 0 radical (unpaired) electrons. The molecule has 0 unspecified atom stereocenters. The minimum absolute atomic E-state index is 0.0511. The molecule has 3 fully saturated rings. The standard InChI is InChI=1S/C20H19N3O2/c1-2-16-17(11-24-19(16)21-5-1)14-8-13-9-20(25-18(13)22-10-14)12-23-6-3-15(20)4-7-23/h1-2,5,8,10-11,15H,3-4,6-7,9,12H2/t20-/m0/s1. The average Bonchev–Trinajstić information content (AvgIpc) is 3.23. The van der Waals surface area contributed by atoms with Gasteiger partial charge in [0.25, 0.3) is 0 Å². The van der Waals surface area contributed by atoms with Crippen LogP contribution in [0, 0.1) is 5.92 Å². The van der Waals surface area contributed by atoms with Gasteiger partial charge in [-0.25, -0.2) is 9.97 Å². The Kier molecular flexibility index (Phi) is 2.67. The number of fused-ring (bicyclic) bond motifs is 4. The zero-order valence-electron chi connectivity index (χ0n) is 13.9. The van der Waals surface area contributed by atoms with Gasteiger partial charge in [-0.05, 0) is 44.1 Å². The van der Waals surface area contributed by atoms with Crippen LogP contribution >= 0.6 is 0 Å². The first-order valence-electron chi connectivity index (χ1n) is 9.04. The fourth-order valence-electron chi connectivity index (χ4n) is 4.95. The third kappa shape index (κ3) is 1.93. The van der Waals surface area contributed by atoms with Gasteiger partial charge >= 0.3 is 0 Å². The monoisotopic (exact) mass is 333 g/mol. The van der Waals surface area contributed by atoms with Crippen molar-refractivity contribution < 1.29 is 9.15 Å². The lowest BCUT2D eigenvalue weighted by Crippen LogP contribution is -2.61. The Balaban J connectivity index is 1.40. The lowest BCUT2D eigenvalue weighted by atomic mass is 9.73. The SMILES string of the molecule is c1cnc2occ(-c3cnc4c(c3)C[C@@]3(CN5CCC3CC5)O4)c2c1. The zero-order chi connectivity index (χ0) is 16.4. The fraction of sp³-hybridized carbons (Fsp3) is 0.400. The van der Waals surface area contributed by atoms with Crippen molar-refractivity contribution in [2.75, 3.05) is 19.6 Å². The van der Waals surface area contributed by atoms with Crippen LogP contribution in [0.25, 0.3) is 22.2 Å². The molecule has 7 heterocycles. The van der Waals surface area contributed by atoms with Crippen molar-refractivity contribution in [3.63, 3.8) is 0 Å². The summed E-state index contributed by atoms with van der Waals surface area (Å²) in [6.07, 6.45) is 8.90. The van der Waals surface area contributed by atoms with E-state index in [1.165, 1.54) is 31.5 Å². The Morgan fingerprint density at radius 3 is 2.96 bits per heavy atom. The molecule has 25 heavy (non-hydrogen) atoms. The second-order valence-corrected chi connectivity index (χ2v) is 7.59. The lowest BCUT2D eigenvalue weighted by molar-refractivity contribution is -0.0814. The summed E-state index contributed by atoms with van der Waals surface area (Å²) in [5, 5.41) is 1.03. The van der Waals surface area contributed by atoms with Gasteiger partial charge in [-0.2, -0.15) is 0 Å². The molecule has 0 N–H and O–H groups in total. The molecule has 5 nitrogen and oxygen atoms in total. The summed E-state index contributed by atoms with van der Waals surface area (Å²) in [5.74, 6) is 1.48. The summed E-state index contributed by atoms with van der Waals surface area (Å²) in [7, 11) is 0. The van der Waals surface area contributed by atoms with E-state index >= 15 is 0 Å². The first-order valence-corrected chi connectivity index (χ1v) is 9.04. The van der Waals surface area contributed by atoms with Crippen molar-refractivity contribution in [2.45, 2.75) is 24.9 Å². The molecule has 126 valence electrons. The quantitative estimate of drug-likeness (QED) is 0.684. The summed E-state index contributed by atoms with van der Waals surface area (Å²) in [4.78, 5) is 11.5. The van der Waals surface area contributed by atoms with E-state index in [1.54, 1.807) is 12.5 Å². The molecule has 7 rings (SSSR count). The van der Waals surface area contributed by atoms with Gasteiger partial charge in [0.2, 0.25) is 11.6 Å². The second kappa shape index (κ2) is 4.82. The van der Waals surface area contributed by atoms with Crippen LogP contribution in [0.15, 0.2) is 41.3 Å². The number of hydrogen-bond acceptors (Lipinski definition) is 5. The van der Waals surface area contributed by atoms with Gasteiger partial charge < -0.3 is 9.15 Å². The maximum absolute atomic E-state index is 6.44. The van der Waals surface area contributed by atoms with Gasteiger partial charge in [-0.3, -0.25) is 4.90 Å². The summed E-state index contributed by atoms with van der Waals surface area (Å²) in [6.45, 7) is 3.49. The highest BCUT2D eigenvalue weighted by Gasteiger charge is 2.52. The van der Waals surface area contributed by atoms with Crippen molar-refractivity contribution in [3.05, 3.63) is 42.4 Å². The summed E-state index contributed by atoms with van der Waals surface area (Å²) >= 11 is 0. The Morgan fingerprint density at radius 1 is 1.20 bits per heavy atom. The Hall–Kier alpha value is -2.40. The minimum Gasteiger partial charge on any atom is -0.469 e. The van der Waals surface area contributed by atoms with Gasteiger partial charge in [-0.15, -0.1) is 0 Å². The van der Waals surface area contributed by atoms with Crippen molar-refractivity contribution in [2.24, 2.45) is 5.92 Å². The Labute approximate surface area is 145 Å². The zero-order valence-corrected chi connectivity index (χ0v) is 13.9. The highest BCUT2D eigenvalue weighted by atomic mass is 16.5. The molecule has 3 aromatic heterocycles. The molecule has 0 saturated carbocycles. The molecule has 0 amide bonds. The van der Waals surface area contributed by atoms with E-state index in [4.69, 9.17) is 9.15 Å². The van der Waals surface area contributed by atoms with Gasteiger partial charge in [-0.1, -0.05) is 0 Å². The predicted octanol–water partition coefficient (Wildman–Crippen LogP) is 3.29. The van der Waals surface area contributed by atoms with Crippen molar-refractivity contribution >= 4 is 11.1 Å². The number of furan rings is 1. The number of rotatable bonds is 1. The number of nitrogens with zero attached hydrogens (tertiary/aromatic N) is 3. The molecule has 2 bridgehead atoms. The van der Waals surface area contributed by atoms with Crippen molar-refractivity contribution in [3.8, 4) is 17.0 Å². The van der Waals surface area contributed by atoms with Crippen LogP contribution in [0.3, 0.4) is 0 Å². The molecule has 0 aromatic carbocycles. The van der Waals surface area contributed by atoms with E-state index in [0.717, 1.165) is 35.4 Å². The first kappa shape index (κ1) is 13.8. The van der Waals surface area contributed by atoms with Gasteiger partial charge in [0.1, 0.15) is 11.9 Å². The number of aromatic nitrogens is 2. The molecule has 4 aliphatic heterocycles. The van der Waals surface area contributed by atoms with E-state index in [-0.39, 0.29) is 5.60 Å². The molecule has 1 atom stereocenters. The third-order valence-corrected chi connectivity index (χ3v) is 6.20. The summed E-state index contributed by atoms with van der Waals surface area (Å²) in [5.41, 5.74) is 3.97. The molecular weight excluding hydrogens is 314 g/mol. The predicted molar refractivity (Wildman–Crippen MR) is 93.5 cm³/mol. The van der Waals surface area contributed by atoms with Crippen LogP contribution in [0.1, 0.15) is 18.4 Å². The third-order valence-electron chi connectivity index (χ3n) is 6.20. The first-order chi connectivity index (χ1) is 12.3. The van der Waals surface area contributed by atoms with E-state index in [1.807, 2.05) is 18.3 Å². The average molecular weight is 333 g/mol. The normalized spacial score (nSPS) is 29.9. The number of hydrogen-bond donors (Lipinski definition) is 0. The molecular formula is C20H19N3O2. The van der Waals surface area contributed by atoms with Crippen LogP contribution in [-0.2, 0) is 6.42 Å². The Morgan fingerprint density at radius 2 is 2.12 bits per heavy atom. The van der Waals surface area contributed by atoms with Crippen LogP contribution in [0.4, 0.5) is 0 Å². The Bertz CT molecular complexity index is 974. The van der Waals surface area contributed by atoms with Crippen LogP contribution < -0.4 is 4.74 Å². The van der Waals surface area contributed by atoms with Gasteiger partial charge in [0, 0.05) is 53.4 Å². The highest BCUT2D eigenvalue weighted by Crippen LogP contribution is 2.46.